The van der Waals surface area contributed by atoms with E-state index < -0.39 is 0 Å². The fourth-order valence-electron chi connectivity index (χ4n) is 1.73. The molecule has 0 spiro atoms. The van der Waals surface area contributed by atoms with Gasteiger partial charge in [0.2, 0.25) is 5.88 Å². The monoisotopic (exact) mass is 257 g/mol. The molecule has 0 saturated heterocycles. The van der Waals surface area contributed by atoms with Gasteiger partial charge in [-0.1, -0.05) is 30.3 Å². The van der Waals surface area contributed by atoms with Crippen LogP contribution in [0.1, 0.15) is 17.7 Å². The highest BCUT2D eigenvalue weighted by atomic mass is 16.5. The molecule has 1 aromatic carbocycles. The van der Waals surface area contributed by atoms with Gasteiger partial charge in [0.1, 0.15) is 0 Å². The van der Waals surface area contributed by atoms with Crippen molar-refractivity contribution >= 4 is 0 Å². The van der Waals surface area contributed by atoms with E-state index in [-0.39, 0.29) is 0 Å². The Bertz CT molecular complexity index is 488. The lowest BCUT2D eigenvalue weighted by atomic mass is 10.2. The van der Waals surface area contributed by atoms with E-state index in [1.54, 1.807) is 12.4 Å². The predicted octanol–water partition coefficient (Wildman–Crippen LogP) is 2.34. The van der Waals surface area contributed by atoms with Gasteiger partial charge in [0.05, 0.1) is 12.3 Å². The molecule has 100 valence electrons. The second kappa shape index (κ2) is 7.48. The molecule has 0 aliphatic carbocycles. The topological polar surface area (TPSA) is 47.0 Å². The van der Waals surface area contributed by atoms with Gasteiger partial charge in [-0.3, -0.25) is 4.98 Å². The van der Waals surface area contributed by atoms with Crippen molar-refractivity contribution in [2.75, 3.05) is 13.2 Å². The average molecular weight is 257 g/mol. The Hall–Kier alpha value is -1.94. The standard InChI is InChI=1S/C15H19N3O/c1-13-15(18-10-9-17-13)19-11-5-8-16-12-14-6-3-2-4-7-14/h2-4,6-7,9-10,16H,5,8,11-12H2,1H3. The van der Waals surface area contributed by atoms with Crippen molar-refractivity contribution in [3.05, 3.63) is 54.0 Å². The maximum absolute atomic E-state index is 5.58. The van der Waals surface area contributed by atoms with Crippen LogP contribution in [0, 0.1) is 6.92 Å². The van der Waals surface area contributed by atoms with Crippen LogP contribution in [0.5, 0.6) is 5.88 Å². The third-order valence-corrected chi connectivity index (χ3v) is 2.74. The summed E-state index contributed by atoms with van der Waals surface area (Å²) in [7, 11) is 0. The predicted molar refractivity (Wildman–Crippen MR) is 75.0 cm³/mol. The number of benzene rings is 1. The molecule has 0 saturated carbocycles. The molecule has 0 fully saturated rings. The molecule has 1 aromatic heterocycles. The Morgan fingerprint density at radius 3 is 2.68 bits per heavy atom. The smallest absolute Gasteiger partial charge is 0.235 e. The lowest BCUT2D eigenvalue weighted by molar-refractivity contribution is 0.293. The molecule has 19 heavy (non-hydrogen) atoms. The summed E-state index contributed by atoms with van der Waals surface area (Å²) >= 11 is 0. The first-order valence-corrected chi connectivity index (χ1v) is 6.51. The quantitative estimate of drug-likeness (QED) is 0.773. The summed E-state index contributed by atoms with van der Waals surface area (Å²) in [5, 5.41) is 3.39. The van der Waals surface area contributed by atoms with E-state index in [2.05, 4.69) is 39.6 Å². The van der Waals surface area contributed by atoms with E-state index >= 15 is 0 Å². The minimum atomic E-state index is 0.630. The Kier molecular flexibility index (Phi) is 5.31. The van der Waals surface area contributed by atoms with Crippen molar-refractivity contribution in [2.24, 2.45) is 0 Å². The maximum Gasteiger partial charge on any atom is 0.235 e. The fraction of sp³-hybridized carbons (Fsp3) is 0.333. The van der Waals surface area contributed by atoms with E-state index in [0.717, 1.165) is 25.2 Å². The van der Waals surface area contributed by atoms with E-state index in [9.17, 15) is 0 Å². The zero-order chi connectivity index (χ0) is 13.3. The first kappa shape index (κ1) is 13.5. The molecule has 0 bridgehead atoms. The highest BCUT2D eigenvalue weighted by molar-refractivity contribution is 5.15. The summed E-state index contributed by atoms with van der Waals surface area (Å²) in [6.07, 6.45) is 4.27. The van der Waals surface area contributed by atoms with Gasteiger partial charge in [0.25, 0.3) is 0 Å². The van der Waals surface area contributed by atoms with Gasteiger partial charge in [-0.05, 0) is 25.5 Å². The van der Waals surface area contributed by atoms with Crippen molar-refractivity contribution in [1.82, 2.24) is 15.3 Å². The molecule has 0 amide bonds. The Morgan fingerprint density at radius 1 is 1.11 bits per heavy atom. The van der Waals surface area contributed by atoms with Crippen molar-refractivity contribution < 1.29 is 4.74 Å². The largest absolute Gasteiger partial charge is 0.476 e. The maximum atomic E-state index is 5.58. The van der Waals surface area contributed by atoms with Crippen molar-refractivity contribution in [1.29, 1.82) is 0 Å². The number of rotatable bonds is 7. The zero-order valence-corrected chi connectivity index (χ0v) is 11.2. The minimum Gasteiger partial charge on any atom is -0.476 e. The SMILES string of the molecule is Cc1nccnc1OCCCNCc1ccccc1. The third-order valence-electron chi connectivity index (χ3n) is 2.74. The first-order valence-electron chi connectivity index (χ1n) is 6.51. The normalized spacial score (nSPS) is 10.4. The fourth-order valence-corrected chi connectivity index (χ4v) is 1.73. The van der Waals surface area contributed by atoms with Crippen molar-refractivity contribution in [3.63, 3.8) is 0 Å². The summed E-state index contributed by atoms with van der Waals surface area (Å²) < 4.78 is 5.58. The molecular formula is C15H19N3O. The van der Waals surface area contributed by atoms with E-state index in [1.165, 1.54) is 5.56 Å². The molecule has 0 unspecified atom stereocenters. The van der Waals surface area contributed by atoms with Gasteiger partial charge in [-0.2, -0.15) is 0 Å². The number of nitrogens with one attached hydrogen (secondary N) is 1. The Morgan fingerprint density at radius 2 is 1.89 bits per heavy atom. The minimum absolute atomic E-state index is 0.630. The van der Waals surface area contributed by atoms with Crippen LogP contribution in [-0.2, 0) is 6.54 Å². The molecular weight excluding hydrogens is 238 g/mol. The molecule has 1 heterocycles. The van der Waals surface area contributed by atoms with Crippen LogP contribution in [0.25, 0.3) is 0 Å². The molecule has 0 atom stereocenters. The summed E-state index contributed by atoms with van der Waals surface area (Å²) in [6.45, 7) is 4.37. The Labute approximate surface area is 113 Å². The molecule has 2 aromatic rings. The number of hydrogen-bond acceptors (Lipinski definition) is 4. The average Bonchev–Trinajstić information content (AvgIpc) is 2.45. The molecule has 4 heteroatoms. The molecule has 0 aliphatic heterocycles. The van der Waals surface area contributed by atoms with Gasteiger partial charge in [-0.15, -0.1) is 0 Å². The van der Waals surface area contributed by atoms with Gasteiger partial charge < -0.3 is 10.1 Å². The summed E-state index contributed by atoms with van der Waals surface area (Å²) in [4.78, 5) is 8.27. The molecule has 0 radical (unpaired) electrons. The third kappa shape index (κ3) is 4.67. The highest BCUT2D eigenvalue weighted by Gasteiger charge is 2.00. The van der Waals surface area contributed by atoms with Gasteiger partial charge >= 0.3 is 0 Å². The second-order valence-corrected chi connectivity index (χ2v) is 4.31. The molecule has 4 nitrogen and oxygen atoms in total. The number of ether oxygens (including phenoxy) is 1. The van der Waals surface area contributed by atoms with Crippen molar-refractivity contribution in [2.45, 2.75) is 19.9 Å². The summed E-state index contributed by atoms with van der Waals surface area (Å²) in [5.74, 6) is 0.630. The van der Waals surface area contributed by atoms with Crippen LogP contribution in [0.2, 0.25) is 0 Å². The van der Waals surface area contributed by atoms with Crippen LogP contribution in [-0.4, -0.2) is 23.1 Å². The second-order valence-electron chi connectivity index (χ2n) is 4.31. The van der Waals surface area contributed by atoms with Crippen LogP contribution in [0.15, 0.2) is 42.7 Å². The van der Waals surface area contributed by atoms with Crippen LogP contribution >= 0.6 is 0 Å². The number of nitrogens with zero attached hydrogens (tertiary/aromatic N) is 2. The lowest BCUT2D eigenvalue weighted by Gasteiger charge is -2.07. The van der Waals surface area contributed by atoms with Crippen molar-refractivity contribution in [3.8, 4) is 5.88 Å². The van der Waals surface area contributed by atoms with Crippen LogP contribution < -0.4 is 10.1 Å². The Balaban J connectivity index is 1.59. The van der Waals surface area contributed by atoms with Crippen LogP contribution in [0.4, 0.5) is 0 Å². The number of aryl methyl sites for hydroxylation is 1. The van der Waals surface area contributed by atoms with Gasteiger partial charge in [0, 0.05) is 18.9 Å². The van der Waals surface area contributed by atoms with E-state index in [1.807, 2.05) is 13.0 Å². The number of hydrogen-bond donors (Lipinski definition) is 1. The zero-order valence-electron chi connectivity index (χ0n) is 11.2. The lowest BCUT2D eigenvalue weighted by Crippen LogP contribution is -2.17. The van der Waals surface area contributed by atoms with Gasteiger partial charge in [-0.25, -0.2) is 4.98 Å². The van der Waals surface area contributed by atoms with E-state index in [0.29, 0.717) is 12.5 Å². The van der Waals surface area contributed by atoms with E-state index in [4.69, 9.17) is 4.74 Å². The van der Waals surface area contributed by atoms with Crippen LogP contribution in [0.3, 0.4) is 0 Å². The molecule has 0 aliphatic rings. The summed E-state index contributed by atoms with van der Waals surface area (Å²) in [5.41, 5.74) is 2.13. The van der Waals surface area contributed by atoms with Gasteiger partial charge in [0.15, 0.2) is 0 Å². The molecule has 1 N–H and O–H groups in total. The number of aromatic nitrogens is 2. The first-order chi connectivity index (χ1) is 9.36. The molecule has 2 rings (SSSR count). The highest BCUT2D eigenvalue weighted by Crippen LogP contribution is 2.08. The summed E-state index contributed by atoms with van der Waals surface area (Å²) in [6, 6.07) is 10.4.